The lowest BCUT2D eigenvalue weighted by molar-refractivity contribution is -0.121. The molecule has 3 rings (SSSR count). The van der Waals surface area contributed by atoms with Crippen LogP contribution in [0.1, 0.15) is 29.3 Å². The molecule has 1 N–H and O–H groups in total. The summed E-state index contributed by atoms with van der Waals surface area (Å²) in [4.78, 5) is 27.6. The van der Waals surface area contributed by atoms with Crippen LogP contribution < -0.4 is 4.90 Å². The zero-order chi connectivity index (χ0) is 18.7. The maximum absolute atomic E-state index is 12.7. The van der Waals surface area contributed by atoms with Gasteiger partial charge < -0.3 is 14.7 Å². The molecule has 136 valence electrons. The average Bonchev–Trinajstić information content (AvgIpc) is 2.77. The maximum atomic E-state index is 12.7. The van der Waals surface area contributed by atoms with E-state index in [0.717, 1.165) is 22.6 Å². The first-order valence-electron chi connectivity index (χ1n) is 8.48. The molecule has 0 radical (unpaired) electrons. The van der Waals surface area contributed by atoms with Crippen molar-refractivity contribution in [2.24, 2.45) is 0 Å². The summed E-state index contributed by atoms with van der Waals surface area (Å²) in [6.45, 7) is 4.17. The molecule has 1 atom stereocenters. The zero-order valence-electron chi connectivity index (χ0n) is 14.8. The van der Waals surface area contributed by atoms with Gasteiger partial charge in [-0.2, -0.15) is 0 Å². The molecule has 1 aliphatic heterocycles. The number of esters is 1. The lowest BCUT2D eigenvalue weighted by Gasteiger charge is -2.22. The van der Waals surface area contributed by atoms with Crippen LogP contribution in [0.3, 0.4) is 0 Å². The average molecular weight is 371 g/mol. The number of para-hydroxylation sites is 1. The molecular formula is C20H21NO4S. The molecule has 0 bridgehead atoms. The number of benzene rings is 2. The molecule has 1 aliphatic rings. The second-order valence-electron chi connectivity index (χ2n) is 6.33. The number of rotatable bonds is 3. The van der Waals surface area contributed by atoms with Crippen molar-refractivity contribution in [3.05, 3.63) is 53.6 Å². The van der Waals surface area contributed by atoms with Gasteiger partial charge >= 0.3 is 5.97 Å². The first kappa shape index (κ1) is 18.3. The summed E-state index contributed by atoms with van der Waals surface area (Å²) >= 11 is 1.74. The van der Waals surface area contributed by atoms with Crippen LogP contribution in [0.25, 0.3) is 0 Å². The molecule has 0 saturated heterocycles. The third kappa shape index (κ3) is 4.02. The highest BCUT2D eigenvalue weighted by Crippen LogP contribution is 2.37. The van der Waals surface area contributed by atoms with Crippen molar-refractivity contribution in [2.45, 2.75) is 30.4 Å². The number of aromatic hydroxyl groups is 1. The number of carbonyl (C=O) groups excluding carboxylic acids is 2. The largest absolute Gasteiger partial charge is 0.507 e. The third-order valence-electron chi connectivity index (χ3n) is 4.24. The highest BCUT2D eigenvalue weighted by Gasteiger charge is 2.25. The van der Waals surface area contributed by atoms with Gasteiger partial charge in [-0.1, -0.05) is 25.1 Å². The fraction of sp³-hybridized carbons (Fsp3) is 0.300. The number of aryl methyl sites for hydroxylation is 1. The SMILES string of the molecule is Cc1ccc(C(=O)OCC(=O)N2CC[C@H](C)Sc3ccccc32)c(O)c1. The summed E-state index contributed by atoms with van der Waals surface area (Å²) in [5.41, 5.74) is 1.74. The van der Waals surface area contributed by atoms with E-state index >= 15 is 0 Å². The van der Waals surface area contributed by atoms with Gasteiger partial charge in [-0.15, -0.1) is 11.8 Å². The summed E-state index contributed by atoms with van der Waals surface area (Å²) in [6.07, 6.45) is 0.859. The van der Waals surface area contributed by atoms with E-state index in [1.165, 1.54) is 12.1 Å². The number of amides is 1. The topological polar surface area (TPSA) is 66.8 Å². The van der Waals surface area contributed by atoms with Crippen molar-refractivity contribution in [3.63, 3.8) is 0 Å². The normalized spacial score (nSPS) is 16.5. The summed E-state index contributed by atoms with van der Waals surface area (Å²) in [7, 11) is 0. The first-order chi connectivity index (χ1) is 12.5. The summed E-state index contributed by atoms with van der Waals surface area (Å²) in [6, 6.07) is 12.4. The van der Waals surface area contributed by atoms with Crippen LogP contribution in [0.4, 0.5) is 5.69 Å². The smallest absolute Gasteiger partial charge is 0.342 e. The monoisotopic (exact) mass is 371 g/mol. The first-order valence-corrected chi connectivity index (χ1v) is 9.36. The minimum Gasteiger partial charge on any atom is -0.507 e. The number of nitrogens with zero attached hydrogens (tertiary/aromatic N) is 1. The molecule has 0 aromatic heterocycles. The van der Waals surface area contributed by atoms with Gasteiger partial charge in [0.1, 0.15) is 11.3 Å². The van der Waals surface area contributed by atoms with Crippen LogP contribution in [0.5, 0.6) is 5.75 Å². The van der Waals surface area contributed by atoms with Crippen LogP contribution in [-0.4, -0.2) is 35.4 Å². The Morgan fingerprint density at radius 2 is 2.04 bits per heavy atom. The van der Waals surface area contributed by atoms with Crippen LogP contribution in [-0.2, 0) is 9.53 Å². The number of fused-ring (bicyclic) bond motifs is 1. The van der Waals surface area contributed by atoms with Gasteiger partial charge in [-0.3, -0.25) is 4.79 Å². The van der Waals surface area contributed by atoms with Crippen LogP contribution in [0.2, 0.25) is 0 Å². The number of hydrogen-bond donors (Lipinski definition) is 1. The molecule has 2 aromatic rings. The molecular weight excluding hydrogens is 350 g/mol. The second-order valence-corrected chi connectivity index (χ2v) is 7.81. The fourth-order valence-electron chi connectivity index (χ4n) is 2.84. The van der Waals surface area contributed by atoms with Gasteiger partial charge in [0.05, 0.1) is 5.69 Å². The van der Waals surface area contributed by atoms with Crippen molar-refractivity contribution in [3.8, 4) is 5.75 Å². The van der Waals surface area contributed by atoms with Crippen LogP contribution in [0, 0.1) is 6.92 Å². The van der Waals surface area contributed by atoms with Gasteiger partial charge in [0.25, 0.3) is 5.91 Å². The van der Waals surface area contributed by atoms with E-state index in [9.17, 15) is 14.7 Å². The van der Waals surface area contributed by atoms with E-state index in [4.69, 9.17) is 4.74 Å². The van der Waals surface area contributed by atoms with Gasteiger partial charge in [0.15, 0.2) is 6.61 Å². The number of phenolic OH excluding ortho intramolecular Hbond substituents is 1. The highest BCUT2D eigenvalue weighted by molar-refractivity contribution is 8.00. The van der Waals surface area contributed by atoms with E-state index < -0.39 is 5.97 Å². The van der Waals surface area contributed by atoms with E-state index in [0.29, 0.717) is 11.8 Å². The minimum absolute atomic E-state index is 0.0591. The molecule has 0 saturated carbocycles. The predicted octanol–water partition coefficient (Wildman–Crippen LogP) is 3.77. The Labute approximate surface area is 157 Å². The maximum Gasteiger partial charge on any atom is 0.342 e. The van der Waals surface area contributed by atoms with Gasteiger partial charge in [0, 0.05) is 16.7 Å². The van der Waals surface area contributed by atoms with Gasteiger partial charge in [-0.25, -0.2) is 4.79 Å². The summed E-state index contributed by atoms with van der Waals surface area (Å²) < 4.78 is 5.15. The summed E-state index contributed by atoms with van der Waals surface area (Å²) in [5.74, 6) is -1.12. The molecule has 2 aromatic carbocycles. The third-order valence-corrected chi connectivity index (χ3v) is 5.48. The lowest BCUT2D eigenvalue weighted by atomic mass is 10.1. The number of phenols is 1. The second kappa shape index (κ2) is 7.83. The zero-order valence-corrected chi connectivity index (χ0v) is 15.6. The van der Waals surface area contributed by atoms with E-state index in [2.05, 4.69) is 6.92 Å². The number of hydrogen-bond acceptors (Lipinski definition) is 5. The number of carbonyl (C=O) groups is 2. The molecule has 1 amide bonds. The Bertz CT molecular complexity index is 836. The van der Waals surface area contributed by atoms with Crippen molar-refractivity contribution >= 4 is 29.3 Å². The molecule has 0 spiro atoms. The van der Waals surface area contributed by atoms with Crippen molar-refractivity contribution in [1.29, 1.82) is 0 Å². The molecule has 6 heteroatoms. The molecule has 26 heavy (non-hydrogen) atoms. The Balaban J connectivity index is 1.71. The predicted molar refractivity (Wildman–Crippen MR) is 102 cm³/mol. The van der Waals surface area contributed by atoms with E-state index in [1.54, 1.807) is 22.7 Å². The van der Waals surface area contributed by atoms with Crippen LogP contribution >= 0.6 is 11.8 Å². The van der Waals surface area contributed by atoms with Gasteiger partial charge in [-0.05, 0) is 43.2 Å². The minimum atomic E-state index is -0.707. The number of anilines is 1. The Kier molecular flexibility index (Phi) is 5.52. The highest BCUT2D eigenvalue weighted by atomic mass is 32.2. The van der Waals surface area contributed by atoms with Gasteiger partial charge in [0.2, 0.25) is 0 Å². The Morgan fingerprint density at radius 3 is 2.81 bits per heavy atom. The number of thioether (sulfide) groups is 1. The summed E-state index contributed by atoms with van der Waals surface area (Å²) in [5, 5.41) is 10.3. The molecule has 1 heterocycles. The Morgan fingerprint density at radius 1 is 1.27 bits per heavy atom. The fourth-order valence-corrected chi connectivity index (χ4v) is 3.96. The molecule has 0 unspecified atom stereocenters. The van der Waals surface area contributed by atoms with Crippen molar-refractivity contribution < 1.29 is 19.4 Å². The quantitative estimate of drug-likeness (QED) is 0.832. The van der Waals surface area contributed by atoms with E-state index in [1.807, 2.05) is 31.2 Å². The standard InChI is InChI=1S/C20H21NO4S/c1-13-7-8-15(17(22)11-13)20(24)25-12-19(23)21-10-9-14(2)26-18-6-4-3-5-16(18)21/h3-8,11,14,22H,9-10,12H2,1-2H3/t14-/m0/s1. The molecule has 5 nitrogen and oxygen atoms in total. The Hall–Kier alpha value is -2.47. The van der Waals surface area contributed by atoms with Crippen LogP contribution in [0.15, 0.2) is 47.4 Å². The molecule has 0 fully saturated rings. The lowest BCUT2D eigenvalue weighted by Crippen LogP contribution is -2.35. The number of ether oxygens (including phenoxy) is 1. The van der Waals surface area contributed by atoms with Crippen molar-refractivity contribution in [2.75, 3.05) is 18.1 Å². The molecule has 0 aliphatic carbocycles. The van der Waals surface area contributed by atoms with Crippen molar-refractivity contribution in [1.82, 2.24) is 0 Å². The van der Waals surface area contributed by atoms with E-state index in [-0.39, 0.29) is 23.8 Å².